The summed E-state index contributed by atoms with van der Waals surface area (Å²) in [6, 6.07) is 9.79. The van der Waals surface area contributed by atoms with Gasteiger partial charge < -0.3 is 24.3 Å². The van der Waals surface area contributed by atoms with Gasteiger partial charge in [-0.1, -0.05) is 0 Å². The lowest BCUT2D eigenvalue weighted by molar-refractivity contribution is -0.110. The summed E-state index contributed by atoms with van der Waals surface area (Å²) in [7, 11) is -0.599. The number of nitrogens with zero attached hydrogens (tertiary/aromatic N) is 3. The fourth-order valence-corrected chi connectivity index (χ4v) is 5.66. The molecular weight excluding hydrogens is 532 g/mol. The second kappa shape index (κ2) is 13.3. The van der Waals surface area contributed by atoms with Crippen molar-refractivity contribution in [2.45, 2.75) is 4.90 Å². The normalized spacial score (nSPS) is 14.5. The molecular formula is C25H30N4O7S2. The number of likely N-dealkylation sites (N-methyl/N-ethyl adjacent to an activating group) is 1. The summed E-state index contributed by atoms with van der Waals surface area (Å²) in [5.74, 6) is -0.307. The summed E-state index contributed by atoms with van der Waals surface area (Å²) in [5.41, 5.74) is 4.67. The Bertz CT molecular complexity index is 1370. The van der Waals surface area contributed by atoms with Crippen molar-refractivity contribution in [3.63, 3.8) is 0 Å². The Morgan fingerprint density at radius 2 is 1.61 bits per heavy atom. The second-order valence-corrected chi connectivity index (χ2v) is 11.2. The molecule has 1 aliphatic heterocycles. The van der Waals surface area contributed by atoms with Crippen LogP contribution in [-0.2, 0) is 33.8 Å². The van der Waals surface area contributed by atoms with Gasteiger partial charge in [0.2, 0.25) is 10.0 Å². The predicted molar refractivity (Wildman–Crippen MR) is 145 cm³/mol. The number of methoxy groups -OCH3 is 1. The molecule has 1 aromatic heterocycles. The van der Waals surface area contributed by atoms with Crippen LogP contribution < -0.4 is 5.32 Å². The van der Waals surface area contributed by atoms with Crippen molar-refractivity contribution in [3.05, 3.63) is 47.5 Å². The lowest BCUT2D eigenvalue weighted by Crippen LogP contribution is -2.30. The van der Waals surface area contributed by atoms with Crippen LogP contribution in [0.3, 0.4) is 0 Å². The summed E-state index contributed by atoms with van der Waals surface area (Å²) in [5, 5.41) is 2.83. The van der Waals surface area contributed by atoms with Crippen molar-refractivity contribution in [2.24, 2.45) is 4.99 Å². The van der Waals surface area contributed by atoms with Crippen LogP contribution in [0.15, 0.2) is 51.8 Å². The molecule has 0 saturated heterocycles. The number of carbonyl (C=O) groups excluding carboxylic acids is 1. The number of sulfonamides is 1. The minimum Gasteiger partial charge on any atom is -0.382 e. The molecule has 13 heteroatoms. The molecule has 0 spiro atoms. The molecule has 0 saturated carbocycles. The summed E-state index contributed by atoms with van der Waals surface area (Å²) >= 11 is 1.44. The van der Waals surface area contributed by atoms with Gasteiger partial charge in [-0.3, -0.25) is 4.79 Å². The van der Waals surface area contributed by atoms with Crippen LogP contribution >= 0.6 is 11.3 Å². The molecule has 11 nitrogen and oxygen atoms in total. The third-order valence-corrected chi connectivity index (χ3v) is 8.44. The molecule has 3 aromatic rings. The van der Waals surface area contributed by atoms with Crippen LogP contribution in [0.2, 0.25) is 0 Å². The molecule has 38 heavy (non-hydrogen) atoms. The number of rotatable bonds is 15. The Hall–Kier alpha value is -2.78. The van der Waals surface area contributed by atoms with Crippen molar-refractivity contribution < 1.29 is 32.2 Å². The first-order valence-corrected chi connectivity index (χ1v) is 14.3. The summed E-state index contributed by atoms with van der Waals surface area (Å²) in [6.07, 6.45) is 0. The van der Waals surface area contributed by atoms with E-state index in [1.54, 1.807) is 30.8 Å². The smallest absolute Gasteiger partial charge is 0.275 e. The molecule has 0 bridgehead atoms. The van der Waals surface area contributed by atoms with Crippen molar-refractivity contribution in [2.75, 3.05) is 72.3 Å². The molecule has 0 fully saturated rings. The number of hydrogen-bond donors (Lipinski definition) is 1. The number of aliphatic imine (C=N–C) groups is 1. The zero-order valence-electron chi connectivity index (χ0n) is 21.2. The Morgan fingerprint density at radius 3 is 2.29 bits per heavy atom. The van der Waals surface area contributed by atoms with Crippen LogP contribution in [-0.4, -0.2) is 96.3 Å². The Morgan fingerprint density at radius 1 is 0.947 bits per heavy atom. The number of aromatic nitrogens is 1. The number of amides is 1. The molecule has 204 valence electrons. The van der Waals surface area contributed by atoms with Crippen LogP contribution in [0.25, 0.3) is 10.2 Å². The molecule has 2 heterocycles. The average molecular weight is 563 g/mol. The maximum absolute atomic E-state index is 13.0. The Kier molecular flexibility index (Phi) is 9.91. The van der Waals surface area contributed by atoms with E-state index in [2.05, 4.69) is 15.3 Å². The summed E-state index contributed by atoms with van der Waals surface area (Å²) in [4.78, 5) is 21.5. The highest BCUT2D eigenvalue weighted by Crippen LogP contribution is 2.34. The quantitative estimate of drug-likeness (QED) is 0.280. The topological polar surface area (TPSA) is 129 Å². The first-order chi connectivity index (χ1) is 18.4. The maximum atomic E-state index is 13.0. The van der Waals surface area contributed by atoms with Crippen molar-refractivity contribution >= 4 is 54.6 Å². The Balaban J connectivity index is 1.28. The van der Waals surface area contributed by atoms with E-state index in [0.29, 0.717) is 56.6 Å². The van der Waals surface area contributed by atoms with E-state index >= 15 is 0 Å². The number of nitrogens with one attached hydrogen (secondary N) is 1. The van der Waals surface area contributed by atoms with Crippen LogP contribution in [0.1, 0.15) is 5.56 Å². The van der Waals surface area contributed by atoms with Gasteiger partial charge in [0, 0.05) is 26.3 Å². The van der Waals surface area contributed by atoms with Gasteiger partial charge in [0.1, 0.15) is 5.71 Å². The predicted octanol–water partition coefficient (Wildman–Crippen LogP) is 2.69. The highest BCUT2D eigenvalue weighted by atomic mass is 32.2. The van der Waals surface area contributed by atoms with Gasteiger partial charge in [-0.15, -0.1) is 11.3 Å². The highest BCUT2D eigenvalue weighted by Gasteiger charge is 2.29. The third-order valence-electron chi connectivity index (χ3n) is 5.71. The van der Waals surface area contributed by atoms with Gasteiger partial charge in [0.15, 0.2) is 0 Å². The maximum Gasteiger partial charge on any atom is 0.275 e. The van der Waals surface area contributed by atoms with Gasteiger partial charge >= 0.3 is 0 Å². The lowest BCUT2D eigenvalue weighted by atomic mass is 10.1. The van der Waals surface area contributed by atoms with Gasteiger partial charge in [0.05, 0.1) is 78.2 Å². The zero-order valence-corrected chi connectivity index (χ0v) is 22.8. The first-order valence-electron chi connectivity index (χ1n) is 12.0. The molecule has 1 N–H and O–H groups in total. The molecule has 2 aromatic carbocycles. The molecule has 0 unspecified atom stereocenters. The number of anilines is 1. The molecule has 0 radical (unpaired) electrons. The van der Waals surface area contributed by atoms with Crippen molar-refractivity contribution in [3.8, 4) is 0 Å². The fraction of sp³-hybridized carbons (Fsp3) is 0.400. The number of benzene rings is 2. The first kappa shape index (κ1) is 28.2. The Labute approximate surface area is 225 Å². The van der Waals surface area contributed by atoms with Gasteiger partial charge in [-0.25, -0.2) is 18.4 Å². The van der Waals surface area contributed by atoms with E-state index in [1.165, 1.54) is 34.8 Å². The van der Waals surface area contributed by atoms with Crippen LogP contribution in [0, 0.1) is 0 Å². The van der Waals surface area contributed by atoms with E-state index in [4.69, 9.17) is 18.9 Å². The van der Waals surface area contributed by atoms with Crippen molar-refractivity contribution in [1.82, 2.24) is 9.29 Å². The molecule has 1 aliphatic rings. The molecule has 1 amide bonds. The molecule has 0 atom stereocenters. The average Bonchev–Trinajstić information content (AvgIpc) is 3.51. The van der Waals surface area contributed by atoms with Crippen LogP contribution in [0.4, 0.5) is 11.4 Å². The SMILES string of the molecule is COCCOCCOCCOCCN(C)S(=O)(=O)c1ccc(N=C2C(=O)Nc3ccc4ncsc4c32)cc1. The van der Waals surface area contributed by atoms with Gasteiger partial charge in [-0.2, -0.15) is 4.31 Å². The third kappa shape index (κ3) is 6.80. The number of fused-ring (bicyclic) bond motifs is 3. The number of thiazole rings is 1. The summed E-state index contributed by atoms with van der Waals surface area (Å²) in [6.45, 7) is 3.17. The zero-order chi connectivity index (χ0) is 27.0. The van der Waals surface area contributed by atoms with Gasteiger partial charge in [-0.05, 0) is 36.4 Å². The van der Waals surface area contributed by atoms with E-state index in [-0.39, 0.29) is 29.7 Å². The van der Waals surface area contributed by atoms with E-state index in [1.807, 2.05) is 6.07 Å². The number of ether oxygens (including phenoxy) is 4. The van der Waals surface area contributed by atoms with Crippen molar-refractivity contribution in [1.29, 1.82) is 0 Å². The van der Waals surface area contributed by atoms with E-state index in [0.717, 1.165) is 10.2 Å². The minimum absolute atomic E-state index is 0.127. The monoisotopic (exact) mass is 562 g/mol. The second-order valence-electron chi connectivity index (χ2n) is 8.25. The highest BCUT2D eigenvalue weighted by molar-refractivity contribution is 7.89. The van der Waals surface area contributed by atoms with Crippen LogP contribution in [0.5, 0.6) is 0 Å². The van der Waals surface area contributed by atoms with Gasteiger partial charge in [0.25, 0.3) is 5.91 Å². The largest absolute Gasteiger partial charge is 0.382 e. The standard InChI is InChI=1S/C25H30N4O7S2/c1-29(9-10-34-13-14-36-16-15-35-12-11-33-2)38(31,32)19-5-3-18(4-6-19)27-23-22-20(28-25(23)30)7-8-21-24(22)37-17-26-21/h3-8,17H,9-16H2,1-2H3,(H,27,28,30). The molecule has 4 rings (SSSR count). The van der Waals surface area contributed by atoms with E-state index < -0.39 is 10.0 Å². The van der Waals surface area contributed by atoms with E-state index in [9.17, 15) is 13.2 Å². The lowest BCUT2D eigenvalue weighted by Gasteiger charge is -2.17. The minimum atomic E-state index is -3.72. The number of hydrogen-bond acceptors (Lipinski definition) is 10. The molecule has 0 aliphatic carbocycles. The summed E-state index contributed by atoms with van der Waals surface area (Å²) < 4.78 is 49.1. The number of carbonyl (C=O) groups is 1. The fourth-order valence-electron chi connectivity index (χ4n) is 3.67.